The lowest BCUT2D eigenvalue weighted by molar-refractivity contribution is 0.201. The van der Waals surface area contributed by atoms with Gasteiger partial charge in [0.1, 0.15) is 0 Å². The Labute approximate surface area is 103 Å². The van der Waals surface area contributed by atoms with Crippen LogP contribution in [0.1, 0.15) is 33.6 Å². The molecule has 96 valence electrons. The van der Waals surface area contributed by atoms with Crippen LogP contribution in [0.3, 0.4) is 0 Å². The molecule has 0 spiro atoms. The summed E-state index contributed by atoms with van der Waals surface area (Å²) >= 11 is 0. The van der Waals surface area contributed by atoms with E-state index < -0.39 is 0 Å². The van der Waals surface area contributed by atoms with Crippen LogP contribution in [0.4, 0.5) is 4.79 Å². The molecule has 0 aromatic carbocycles. The van der Waals surface area contributed by atoms with Gasteiger partial charge in [0, 0.05) is 24.7 Å². The summed E-state index contributed by atoms with van der Waals surface area (Å²) < 4.78 is 0. The number of piperidine rings is 1. The Hall–Kier alpha value is -1.28. The Balaban J connectivity index is 2.27. The molecular formula is C12H22N4O. The van der Waals surface area contributed by atoms with Gasteiger partial charge in [-0.15, -0.1) is 0 Å². The van der Waals surface area contributed by atoms with Gasteiger partial charge < -0.3 is 10.6 Å². The lowest BCUT2D eigenvalue weighted by atomic mass is 10.1. The van der Waals surface area contributed by atoms with Crippen LogP contribution in [0.15, 0.2) is 0 Å². The lowest BCUT2D eigenvalue weighted by Gasteiger charge is -2.31. The highest BCUT2D eigenvalue weighted by molar-refractivity contribution is 5.74. The van der Waals surface area contributed by atoms with Gasteiger partial charge in [0.05, 0.1) is 12.6 Å². The largest absolute Gasteiger partial charge is 0.335 e. The van der Waals surface area contributed by atoms with Crippen molar-refractivity contribution in [1.82, 2.24) is 15.5 Å². The normalized spacial score (nSPS) is 18.5. The maximum atomic E-state index is 11.6. The van der Waals surface area contributed by atoms with E-state index in [0.29, 0.717) is 6.54 Å². The van der Waals surface area contributed by atoms with Crippen molar-refractivity contribution < 1.29 is 4.79 Å². The second kappa shape index (κ2) is 5.87. The van der Waals surface area contributed by atoms with E-state index in [2.05, 4.69) is 21.6 Å². The predicted molar refractivity (Wildman–Crippen MR) is 66.5 cm³/mol. The zero-order valence-corrected chi connectivity index (χ0v) is 10.9. The minimum absolute atomic E-state index is 0.101. The van der Waals surface area contributed by atoms with Crippen molar-refractivity contribution in [3.63, 3.8) is 0 Å². The standard InChI is InChI=1S/C12H22N4O/c1-12(2,3)15-11(17)14-10-4-7-16(8-5-10)9-6-13/h10H,4-5,7-9H2,1-3H3,(H2,14,15,17). The van der Waals surface area contributed by atoms with Gasteiger partial charge >= 0.3 is 6.03 Å². The van der Waals surface area contributed by atoms with Crippen molar-refractivity contribution in [1.29, 1.82) is 5.26 Å². The van der Waals surface area contributed by atoms with Crippen LogP contribution >= 0.6 is 0 Å². The minimum atomic E-state index is -0.203. The van der Waals surface area contributed by atoms with E-state index in [1.807, 2.05) is 20.8 Å². The molecule has 17 heavy (non-hydrogen) atoms. The zero-order chi connectivity index (χ0) is 12.9. The Morgan fingerprint density at radius 3 is 2.47 bits per heavy atom. The molecule has 1 heterocycles. The summed E-state index contributed by atoms with van der Waals surface area (Å²) in [6, 6.07) is 2.28. The third kappa shape index (κ3) is 5.55. The summed E-state index contributed by atoms with van der Waals surface area (Å²) in [5.41, 5.74) is -0.203. The zero-order valence-electron chi connectivity index (χ0n) is 10.9. The first-order chi connectivity index (χ1) is 7.90. The molecule has 0 aliphatic carbocycles. The van der Waals surface area contributed by atoms with Crippen LogP contribution in [0.5, 0.6) is 0 Å². The Morgan fingerprint density at radius 1 is 1.41 bits per heavy atom. The SMILES string of the molecule is CC(C)(C)NC(=O)NC1CCN(CC#N)CC1. The second-order valence-electron chi connectivity index (χ2n) is 5.56. The molecule has 0 radical (unpaired) electrons. The molecule has 0 atom stereocenters. The first-order valence-corrected chi connectivity index (χ1v) is 6.09. The molecule has 2 N–H and O–H groups in total. The number of rotatable bonds is 2. The van der Waals surface area contributed by atoms with Gasteiger partial charge in [0.15, 0.2) is 0 Å². The number of hydrogen-bond acceptors (Lipinski definition) is 3. The van der Waals surface area contributed by atoms with Crippen LogP contribution < -0.4 is 10.6 Å². The lowest BCUT2D eigenvalue weighted by Crippen LogP contribution is -2.52. The maximum Gasteiger partial charge on any atom is 0.315 e. The molecule has 0 unspecified atom stereocenters. The van der Waals surface area contributed by atoms with Crippen LogP contribution in [0.2, 0.25) is 0 Å². The number of carbonyl (C=O) groups excluding carboxylic acids is 1. The smallest absolute Gasteiger partial charge is 0.315 e. The van der Waals surface area contributed by atoms with E-state index in [1.165, 1.54) is 0 Å². The van der Waals surface area contributed by atoms with Gasteiger partial charge in [0.25, 0.3) is 0 Å². The Bertz CT molecular complexity index is 295. The van der Waals surface area contributed by atoms with Crippen molar-refractivity contribution in [2.24, 2.45) is 0 Å². The van der Waals surface area contributed by atoms with Crippen LogP contribution in [-0.2, 0) is 0 Å². The van der Waals surface area contributed by atoms with Crippen molar-refractivity contribution >= 4 is 6.03 Å². The Kier molecular flexibility index (Phi) is 4.76. The van der Waals surface area contributed by atoms with E-state index in [-0.39, 0.29) is 17.6 Å². The summed E-state index contributed by atoms with van der Waals surface area (Å²) in [6.45, 7) is 8.13. The number of nitriles is 1. The van der Waals surface area contributed by atoms with Crippen LogP contribution in [-0.4, -0.2) is 42.1 Å². The molecule has 1 fully saturated rings. The minimum Gasteiger partial charge on any atom is -0.335 e. The van der Waals surface area contributed by atoms with Gasteiger partial charge in [-0.25, -0.2) is 4.79 Å². The van der Waals surface area contributed by atoms with E-state index in [9.17, 15) is 4.79 Å². The fourth-order valence-corrected chi connectivity index (χ4v) is 1.90. The van der Waals surface area contributed by atoms with E-state index >= 15 is 0 Å². The molecule has 0 bridgehead atoms. The molecule has 5 nitrogen and oxygen atoms in total. The van der Waals surface area contributed by atoms with E-state index in [0.717, 1.165) is 25.9 Å². The molecule has 1 saturated heterocycles. The van der Waals surface area contributed by atoms with Gasteiger partial charge in [-0.05, 0) is 33.6 Å². The van der Waals surface area contributed by atoms with Crippen LogP contribution in [0, 0.1) is 11.3 Å². The molecule has 1 aliphatic heterocycles. The molecular weight excluding hydrogens is 216 g/mol. The summed E-state index contributed by atoms with van der Waals surface area (Å²) in [7, 11) is 0. The number of urea groups is 1. The number of hydrogen-bond donors (Lipinski definition) is 2. The van der Waals surface area contributed by atoms with Gasteiger partial charge in [-0.3, -0.25) is 4.90 Å². The molecule has 2 amide bonds. The monoisotopic (exact) mass is 238 g/mol. The Morgan fingerprint density at radius 2 is 2.00 bits per heavy atom. The van der Waals surface area contributed by atoms with Crippen molar-refractivity contribution in [3.05, 3.63) is 0 Å². The average Bonchev–Trinajstić information content (AvgIpc) is 2.18. The summed E-state index contributed by atoms with van der Waals surface area (Å²) in [6.07, 6.45) is 1.83. The fourth-order valence-electron chi connectivity index (χ4n) is 1.90. The second-order valence-corrected chi connectivity index (χ2v) is 5.56. The summed E-state index contributed by atoms with van der Waals surface area (Å²) in [4.78, 5) is 13.8. The average molecular weight is 238 g/mol. The number of carbonyl (C=O) groups is 1. The highest BCUT2D eigenvalue weighted by Gasteiger charge is 2.21. The van der Waals surface area contributed by atoms with E-state index in [1.54, 1.807) is 0 Å². The molecule has 5 heteroatoms. The fraction of sp³-hybridized carbons (Fsp3) is 0.833. The summed E-state index contributed by atoms with van der Waals surface area (Å²) in [5.74, 6) is 0. The highest BCUT2D eigenvalue weighted by Crippen LogP contribution is 2.09. The molecule has 1 rings (SSSR count). The number of amides is 2. The molecule has 0 aromatic heterocycles. The highest BCUT2D eigenvalue weighted by atomic mass is 16.2. The number of nitrogens with zero attached hydrogens (tertiary/aromatic N) is 2. The molecule has 0 saturated carbocycles. The van der Waals surface area contributed by atoms with Crippen molar-refractivity contribution in [2.75, 3.05) is 19.6 Å². The quantitative estimate of drug-likeness (QED) is 0.707. The third-order valence-electron chi connectivity index (χ3n) is 2.71. The van der Waals surface area contributed by atoms with Crippen molar-refractivity contribution in [3.8, 4) is 6.07 Å². The first kappa shape index (κ1) is 13.8. The van der Waals surface area contributed by atoms with Gasteiger partial charge in [-0.2, -0.15) is 5.26 Å². The topological polar surface area (TPSA) is 68.2 Å². The van der Waals surface area contributed by atoms with Crippen molar-refractivity contribution in [2.45, 2.75) is 45.2 Å². The van der Waals surface area contributed by atoms with Gasteiger partial charge in [0.2, 0.25) is 0 Å². The number of likely N-dealkylation sites (tertiary alicyclic amines) is 1. The molecule has 1 aliphatic rings. The summed E-state index contributed by atoms with van der Waals surface area (Å²) in [5, 5.41) is 14.5. The van der Waals surface area contributed by atoms with E-state index in [4.69, 9.17) is 5.26 Å². The predicted octanol–water partition coefficient (Wildman–Crippen LogP) is 1.07. The third-order valence-corrected chi connectivity index (χ3v) is 2.71. The number of nitrogens with one attached hydrogen (secondary N) is 2. The molecule has 0 aromatic rings. The van der Waals surface area contributed by atoms with Crippen LogP contribution in [0.25, 0.3) is 0 Å². The maximum absolute atomic E-state index is 11.6. The van der Waals surface area contributed by atoms with Gasteiger partial charge in [-0.1, -0.05) is 0 Å². The first-order valence-electron chi connectivity index (χ1n) is 6.09.